The van der Waals surface area contributed by atoms with Gasteiger partial charge in [0.25, 0.3) is 0 Å². The highest BCUT2D eigenvalue weighted by molar-refractivity contribution is 5.36. The standard InChI is InChI=1S/C18H29N/c1-13-10-15(3)18(11-14(13)2)12-19-16(4)17-8-6-5-7-9-17/h10-11,16-17,19H,5-9,12H2,1-4H3. The van der Waals surface area contributed by atoms with Gasteiger partial charge in [-0.1, -0.05) is 31.4 Å². The molecule has 0 spiro atoms. The highest BCUT2D eigenvalue weighted by Gasteiger charge is 2.19. The van der Waals surface area contributed by atoms with Crippen molar-refractivity contribution in [2.24, 2.45) is 5.92 Å². The van der Waals surface area contributed by atoms with Crippen LogP contribution < -0.4 is 5.32 Å². The van der Waals surface area contributed by atoms with Crippen molar-refractivity contribution in [1.82, 2.24) is 5.32 Å². The summed E-state index contributed by atoms with van der Waals surface area (Å²) >= 11 is 0. The molecule has 1 nitrogen and oxygen atoms in total. The van der Waals surface area contributed by atoms with Crippen molar-refractivity contribution in [1.29, 1.82) is 0 Å². The topological polar surface area (TPSA) is 12.0 Å². The summed E-state index contributed by atoms with van der Waals surface area (Å²) in [6, 6.07) is 5.32. The van der Waals surface area contributed by atoms with E-state index in [9.17, 15) is 0 Å². The zero-order valence-corrected chi connectivity index (χ0v) is 13.1. The van der Waals surface area contributed by atoms with Crippen molar-refractivity contribution in [2.75, 3.05) is 0 Å². The lowest BCUT2D eigenvalue weighted by Crippen LogP contribution is -2.34. The molecule has 19 heavy (non-hydrogen) atoms. The smallest absolute Gasteiger partial charge is 0.0210 e. The minimum Gasteiger partial charge on any atom is -0.310 e. The van der Waals surface area contributed by atoms with Crippen LogP contribution in [0.15, 0.2) is 12.1 Å². The molecule has 0 bridgehead atoms. The fraction of sp³-hybridized carbons (Fsp3) is 0.667. The predicted molar refractivity (Wildman–Crippen MR) is 83.5 cm³/mol. The highest BCUT2D eigenvalue weighted by Crippen LogP contribution is 2.26. The molecule has 1 saturated carbocycles. The van der Waals surface area contributed by atoms with Crippen LogP contribution in [0.1, 0.15) is 61.3 Å². The minimum atomic E-state index is 0.654. The Morgan fingerprint density at radius 1 is 1.00 bits per heavy atom. The lowest BCUT2D eigenvalue weighted by molar-refractivity contribution is 0.280. The van der Waals surface area contributed by atoms with Crippen LogP contribution in [0.25, 0.3) is 0 Å². The van der Waals surface area contributed by atoms with Crippen LogP contribution in [0.5, 0.6) is 0 Å². The summed E-state index contributed by atoms with van der Waals surface area (Å²) < 4.78 is 0. The number of rotatable bonds is 4. The predicted octanol–water partition coefficient (Wildman–Crippen LogP) is 4.67. The second-order valence-corrected chi connectivity index (χ2v) is 6.43. The molecule has 1 heteroatoms. The van der Waals surface area contributed by atoms with Crippen LogP contribution in [-0.4, -0.2) is 6.04 Å². The maximum Gasteiger partial charge on any atom is 0.0210 e. The molecule has 1 aliphatic rings. The quantitative estimate of drug-likeness (QED) is 0.828. The van der Waals surface area contributed by atoms with Gasteiger partial charge in [-0.3, -0.25) is 0 Å². The van der Waals surface area contributed by atoms with Gasteiger partial charge in [-0.15, -0.1) is 0 Å². The van der Waals surface area contributed by atoms with Gasteiger partial charge >= 0.3 is 0 Å². The molecule has 2 rings (SSSR count). The van der Waals surface area contributed by atoms with Gasteiger partial charge in [-0.2, -0.15) is 0 Å². The molecule has 1 aliphatic carbocycles. The van der Waals surface area contributed by atoms with Gasteiger partial charge in [-0.05, 0) is 68.7 Å². The van der Waals surface area contributed by atoms with Crippen LogP contribution in [0.4, 0.5) is 0 Å². The summed E-state index contributed by atoms with van der Waals surface area (Å²) in [5.74, 6) is 0.889. The highest BCUT2D eigenvalue weighted by atomic mass is 14.9. The first-order chi connectivity index (χ1) is 9.08. The van der Waals surface area contributed by atoms with Gasteiger partial charge in [-0.25, -0.2) is 0 Å². The van der Waals surface area contributed by atoms with Gasteiger partial charge in [0.1, 0.15) is 0 Å². The Hall–Kier alpha value is -0.820. The molecule has 0 aliphatic heterocycles. The SMILES string of the molecule is Cc1cc(C)c(CNC(C)C2CCCCC2)cc1C. The van der Waals surface area contributed by atoms with E-state index in [4.69, 9.17) is 0 Å². The number of nitrogens with one attached hydrogen (secondary N) is 1. The minimum absolute atomic E-state index is 0.654. The van der Waals surface area contributed by atoms with Crippen molar-refractivity contribution in [2.45, 2.75) is 72.4 Å². The van der Waals surface area contributed by atoms with E-state index in [1.165, 1.54) is 54.4 Å². The molecule has 106 valence electrons. The first-order valence-corrected chi connectivity index (χ1v) is 7.88. The van der Waals surface area contributed by atoms with Crippen LogP contribution in [0, 0.1) is 26.7 Å². The van der Waals surface area contributed by atoms with E-state index in [0.29, 0.717) is 6.04 Å². The van der Waals surface area contributed by atoms with Crippen LogP contribution in [0.2, 0.25) is 0 Å². The van der Waals surface area contributed by atoms with Gasteiger partial charge in [0.05, 0.1) is 0 Å². The van der Waals surface area contributed by atoms with Crippen molar-refractivity contribution in [3.63, 3.8) is 0 Å². The molecule has 0 aromatic heterocycles. The van der Waals surface area contributed by atoms with Crippen molar-refractivity contribution in [3.8, 4) is 0 Å². The Morgan fingerprint density at radius 2 is 1.63 bits per heavy atom. The molecule has 1 aromatic rings. The molecule has 0 amide bonds. The van der Waals surface area contributed by atoms with E-state index in [-0.39, 0.29) is 0 Å². The van der Waals surface area contributed by atoms with Gasteiger partial charge in [0.15, 0.2) is 0 Å². The van der Waals surface area contributed by atoms with E-state index in [2.05, 4.69) is 45.1 Å². The maximum absolute atomic E-state index is 3.76. The number of hydrogen-bond donors (Lipinski definition) is 1. The first-order valence-electron chi connectivity index (χ1n) is 7.88. The normalized spacial score (nSPS) is 18.5. The average molecular weight is 259 g/mol. The molecule has 0 saturated heterocycles. The molecule has 1 N–H and O–H groups in total. The number of hydrogen-bond acceptors (Lipinski definition) is 1. The van der Waals surface area contributed by atoms with E-state index < -0.39 is 0 Å². The second kappa shape index (κ2) is 6.56. The molecule has 0 heterocycles. The fourth-order valence-electron chi connectivity index (χ4n) is 3.28. The van der Waals surface area contributed by atoms with E-state index >= 15 is 0 Å². The van der Waals surface area contributed by atoms with Gasteiger partial charge < -0.3 is 5.32 Å². The molecular formula is C18H29N. The molecule has 1 atom stereocenters. The third-order valence-electron chi connectivity index (χ3n) is 4.92. The summed E-state index contributed by atoms with van der Waals surface area (Å²) in [7, 11) is 0. The zero-order chi connectivity index (χ0) is 13.8. The molecular weight excluding hydrogens is 230 g/mol. The molecule has 1 fully saturated rings. The van der Waals surface area contributed by atoms with E-state index in [1.54, 1.807) is 0 Å². The maximum atomic E-state index is 3.76. The third-order valence-corrected chi connectivity index (χ3v) is 4.92. The Labute approximate surface area is 118 Å². The van der Waals surface area contributed by atoms with Gasteiger partial charge in [0.2, 0.25) is 0 Å². The largest absolute Gasteiger partial charge is 0.310 e. The monoisotopic (exact) mass is 259 g/mol. The van der Waals surface area contributed by atoms with E-state index in [0.717, 1.165) is 12.5 Å². The van der Waals surface area contributed by atoms with Crippen LogP contribution >= 0.6 is 0 Å². The summed E-state index contributed by atoms with van der Waals surface area (Å²) in [6.45, 7) is 10.0. The Bertz CT molecular complexity index is 416. The van der Waals surface area contributed by atoms with Crippen molar-refractivity contribution in [3.05, 3.63) is 34.4 Å². The van der Waals surface area contributed by atoms with Crippen molar-refractivity contribution >= 4 is 0 Å². The van der Waals surface area contributed by atoms with E-state index in [1.807, 2.05) is 0 Å². The van der Waals surface area contributed by atoms with Crippen molar-refractivity contribution < 1.29 is 0 Å². The van der Waals surface area contributed by atoms with Crippen LogP contribution in [-0.2, 0) is 6.54 Å². The molecule has 1 aromatic carbocycles. The van der Waals surface area contributed by atoms with Crippen LogP contribution in [0.3, 0.4) is 0 Å². The number of aryl methyl sites for hydroxylation is 3. The fourth-order valence-corrected chi connectivity index (χ4v) is 3.28. The molecule has 1 unspecified atom stereocenters. The summed E-state index contributed by atoms with van der Waals surface area (Å²) in [5.41, 5.74) is 5.70. The Balaban J connectivity index is 1.92. The summed E-state index contributed by atoms with van der Waals surface area (Å²) in [6.07, 6.45) is 7.14. The second-order valence-electron chi connectivity index (χ2n) is 6.43. The zero-order valence-electron chi connectivity index (χ0n) is 13.1. The number of benzene rings is 1. The molecule has 0 radical (unpaired) electrons. The first kappa shape index (κ1) is 14.6. The lowest BCUT2D eigenvalue weighted by atomic mass is 9.84. The summed E-state index contributed by atoms with van der Waals surface area (Å²) in [5, 5.41) is 3.76. The third kappa shape index (κ3) is 3.82. The Morgan fingerprint density at radius 3 is 2.32 bits per heavy atom. The average Bonchev–Trinajstić information content (AvgIpc) is 2.42. The van der Waals surface area contributed by atoms with Gasteiger partial charge in [0, 0.05) is 12.6 Å². The summed E-state index contributed by atoms with van der Waals surface area (Å²) in [4.78, 5) is 0. The Kier molecular flexibility index (Phi) is 5.04. The lowest BCUT2D eigenvalue weighted by Gasteiger charge is -2.28.